The van der Waals surface area contributed by atoms with E-state index in [1.165, 1.54) is 6.07 Å². The summed E-state index contributed by atoms with van der Waals surface area (Å²) in [5.41, 5.74) is 2.71. The zero-order valence-electron chi connectivity index (χ0n) is 18.7. The maximum absolute atomic E-state index is 13.4. The van der Waals surface area contributed by atoms with Crippen molar-refractivity contribution < 1.29 is 18.0 Å². The SMILES string of the molecule is Cc1cccn2c(C(CC(=O)NCCc3ccc(Cl)cc3Cl)c3cccc(C(F)(F)F)c3)cnc12. The van der Waals surface area contributed by atoms with Gasteiger partial charge in [0.1, 0.15) is 5.65 Å². The fourth-order valence-corrected chi connectivity index (χ4v) is 4.57. The van der Waals surface area contributed by atoms with Gasteiger partial charge in [0.15, 0.2) is 0 Å². The van der Waals surface area contributed by atoms with Crippen LogP contribution >= 0.6 is 23.2 Å². The van der Waals surface area contributed by atoms with Crippen molar-refractivity contribution in [2.24, 2.45) is 0 Å². The monoisotopic (exact) mass is 519 g/mol. The summed E-state index contributed by atoms with van der Waals surface area (Å²) in [6.45, 7) is 2.22. The molecule has 1 N–H and O–H groups in total. The first-order valence-electron chi connectivity index (χ1n) is 10.9. The molecule has 9 heteroatoms. The van der Waals surface area contributed by atoms with Crippen molar-refractivity contribution in [3.63, 3.8) is 0 Å². The van der Waals surface area contributed by atoms with Gasteiger partial charge in [-0.05, 0) is 54.3 Å². The third kappa shape index (κ3) is 5.80. The summed E-state index contributed by atoms with van der Waals surface area (Å²) in [4.78, 5) is 17.4. The summed E-state index contributed by atoms with van der Waals surface area (Å²) in [6.07, 6.45) is -0.626. The van der Waals surface area contributed by atoms with Crippen molar-refractivity contribution >= 4 is 34.8 Å². The first kappa shape index (κ1) is 25.1. The van der Waals surface area contributed by atoms with Crippen LogP contribution in [0.2, 0.25) is 10.0 Å². The summed E-state index contributed by atoms with van der Waals surface area (Å²) >= 11 is 12.1. The van der Waals surface area contributed by atoms with Gasteiger partial charge in [0.25, 0.3) is 0 Å². The van der Waals surface area contributed by atoms with E-state index in [-0.39, 0.29) is 12.3 Å². The number of nitrogens with one attached hydrogen (secondary N) is 1. The Bertz CT molecular complexity index is 1370. The molecule has 0 fully saturated rings. The molecule has 4 aromatic rings. The molecule has 2 aromatic heterocycles. The standard InChI is InChI=1S/C26H22Cl2F3N3O/c1-16-4-3-11-34-23(15-33-25(16)34)21(18-5-2-6-19(12-18)26(29,30)31)14-24(35)32-10-9-17-7-8-20(27)13-22(17)28/h2-8,11-13,15,21H,9-10,14H2,1H3,(H,32,35). The van der Waals surface area contributed by atoms with Crippen LogP contribution in [0.25, 0.3) is 5.65 Å². The molecular weight excluding hydrogens is 498 g/mol. The van der Waals surface area contributed by atoms with Gasteiger partial charge in [0.2, 0.25) is 5.91 Å². The molecule has 182 valence electrons. The Morgan fingerprint density at radius 1 is 1.11 bits per heavy atom. The highest BCUT2D eigenvalue weighted by Gasteiger charge is 2.32. The number of hydrogen-bond acceptors (Lipinski definition) is 2. The highest BCUT2D eigenvalue weighted by molar-refractivity contribution is 6.35. The van der Waals surface area contributed by atoms with E-state index in [9.17, 15) is 18.0 Å². The van der Waals surface area contributed by atoms with Gasteiger partial charge in [-0.1, -0.05) is 53.5 Å². The van der Waals surface area contributed by atoms with E-state index in [4.69, 9.17) is 23.2 Å². The number of carbonyl (C=O) groups is 1. The van der Waals surface area contributed by atoms with Crippen LogP contribution in [-0.4, -0.2) is 21.8 Å². The van der Waals surface area contributed by atoms with Crippen molar-refractivity contribution in [3.8, 4) is 0 Å². The molecule has 0 aliphatic carbocycles. The van der Waals surface area contributed by atoms with E-state index >= 15 is 0 Å². The Balaban J connectivity index is 1.59. The maximum Gasteiger partial charge on any atom is 0.416 e. The van der Waals surface area contributed by atoms with Crippen molar-refractivity contribution in [2.45, 2.75) is 31.9 Å². The molecule has 1 amide bonds. The highest BCUT2D eigenvalue weighted by Crippen LogP contribution is 2.35. The van der Waals surface area contributed by atoms with Gasteiger partial charge < -0.3 is 9.72 Å². The zero-order valence-corrected chi connectivity index (χ0v) is 20.3. The number of imidazole rings is 1. The molecule has 0 aliphatic heterocycles. The normalized spacial score (nSPS) is 12.6. The van der Waals surface area contributed by atoms with Gasteiger partial charge in [-0.3, -0.25) is 4.79 Å². The van der Waals surface area contributed by atoms with E-state index in [1.807, 2.05) is 23.5 Å². The highest BCUT2D eigenvalue weighted by atomic mass is 35.5. The fraction of sp³-hybridized carbons (Fsp3) is 0.231. The number of halogens is 5. The molecule has 0 spiro atoms. The predicted octanol–water partition coefficient (Wildman–Crippen LogP) is 6.85. The first-order chi connectivity index (χ1) is 16.6. The number of hydrogen-bond donors (Lipinski definition) is 1. The largest absolute Gasteiger partial charge is 0.416 e. The molecule has 0 radical (unpaired) electrons. The van der Waals surface area contributed by atoms with Gasteiger partial charge in [-0.2, -0.15) is 13.2 Å². The lowest BCUT2D eigenvalue weighted by atomic mass is 9.91. The van der Waals surface area contributed by atoms with Crippen LogP contribution in [0.4, 0.5) is 13.2 Å². The number of amides is 1. The maximum atomic E-state index is 13.4. The van der Waals surface area contributed by atoms with Crippen LogP contribution in [0.15, 0.2) is 67.0 Å². The smallest absolute Gasteiger partial charge is 0.356 e. The van der Waals surface area contributed by atoms with Crippen molar-refractivity contribution in [1.29, 1.82) is 0 Å². The van der Waals surface area contributed by atoms with Gasteiger partial charge in [-0.25, -0.2) is 4.98 Å². The van der Waals surface area contributed by atoms with Crippen LogP contribution in [0, 0.1) is 6.92 Å². The molecular formula is C26H22Cl2F3N3O. The lowest BCUT2D eigenvalue weighted by Crippen LogP contribution is -2.28. The lowest BCUT2D eigenvalue weighted by Gasteiger charge is -2.19. The Kier molecular flexibility index (Phi) is 7.38. The summed E-state index contributed by atoms with van der Waals surface area (Å²) in [7, 11) is 0. The van der Waals surface area contributed by atoms with E-state index < -0.39 is 17.7 Å². The molecule has 0 aliphatic rings. The van der Waals surface area contributed by atoms with Crippen molar-refractivity contribution in [3.05, 3.63) is 105 Å². The molecule has 4 rings (SSSR count). The van der Waals surface area contributed by atoms with E-state index in [0.29, 0.717) is 39.9 Å². The second-order valence-electron chi connectivity index (χ2n) is 8.28. The molecule has 0 saturated heterocycles. The van der Waals surface area contributed by atoms with Crippen LogP contribution in [0.5, 0.6) is 0 Å². The van der Waals surface area contributed by atoms with Crippen molar-refractivity contribution in [2.75, 3.05) is 6.54 Å². The molecule has 4 nitrogen and oxygen atoms in total. The summed E-state index contributed by atoms with van der Waals surface area (Å²) in [6, 6.07) is 14.0. The minimum atomic E-state index is -4.49. The number of aryl methyl sites for hydroxylation is 1. The quantitative estimate of drug-likeness (QED) is 0.290. The average molecular weight is 520 g/mol. The summed E-state index contributed by atoms with van der Waals surface area (Å²) in [5.74, 6) is -0.923. The molecule has 0 saturated carbocycles. The Morgan fingerprint density at radius 3 is 2.66 bits per heavy atom. The third-order valence-electron chi connectivity index (χ3n) is 5.85. The molecule has 2 aromatic carbocycles. The minimum Gasteiger partial charge on any atom is -0.356 e. The Morgan fingerprint density at radius 2 is 1.91 bits per heavy atom. The Labute approximate surface area is 210 Å². The number of aromatic nitrogens is 2. The summed E-state index contributed by atoms with van der Waals surface area (Å²) < 4.78 is 42.1. The average Bonchev–Trinajstić information content (AvgIpc) is 3.24. The zero-order chi connectivity index (χ0) is 25.2. The number of fused-ring (bicyclic) bond motifs is 1. The fourth-order valence-electron chi connectivity index (χ4n) is 4.07. The second kappa shape index (κ2) is 10.3. The topological polar surface area (TPSA) is 46.4 Å². The third-order valence-corrected chi connectivity index (χ3v) is 6.44. The van der Waals surface area contributed by atoms with Gasteiger partial charge >= 0.3 is 6.18 Å². The number of carbonyl (C=O) groups excluding carboxylic acids is 1. The number of rotatable bonds is 7. The minimum absolute atomic E-state index is 0.0443. The number of benzene rings is 2. The van der Waals surface area contributed by atoms with Crippen LogP contribution in [0.3, 0.4) is 0 Å². The van der Waals surface area contributed by atoms with E-state index in [2.05, 4.69) is 10.3 Å². The first-order valence-corrected chi connectivity index (χ1v) is 11.7. The molecule has 35 heavy (non-hydrogen) atoms. The van der Waals surface area contributed by atoms with Crippen LogP contribution in [0.1, 0.15) is 40.3 Å². The van der Waals surface area contributed by atoms with E-state index in [0.717, 1.165) is 23.3 Å². The number of alkyl halides is 3. The predicted molar refractivity (Wildman–Crippen MR) is 131 cm³/mol. The molecule has 0 bridgehead atoms. The molecule has 2 heterocycles. The van der Waals surface area contributed by atoms with E-state index in [1.54, 1.807) is 36.7 Å². The second-order valence-corrected chi connectivity index (χ2v) is 9.13. The lowest BCUT2D eigenvalue weighted by molar-refractivity contribution is -0.137. The molecule has 1 unspecified atom stereocenters. The van der Waals surface area contributed by atoms with Crippen LogP contribution in [-0.2, 0) is 17.4 Å². The number of pyridine rings is 1. The number of nitrogens with zero attached hydrogens (tertiary/aromatic N) is 2. The summed E-state index contributed by atoms with van der Waals surface area (Å²) in [5, 5.41) is 3.89. The van der Waals surface area contributed by atoms with Gasteiger partial charge in [0, 0.05) is 41.3 Å². The molecule has 1 atom stereocenters. The van der Waals surface area contributed by atoms with Gasteiger partial charge in [-0.15, -0.1) is 0 Å². The van der Waals surface area contributed by atoms with Crippen molar-refractivity contribution in [1.82, 2.24) is 14.7 Å². The Hall–Kier alpha value is -3.03. The van der Waals surface area contributed by atoms with Crippen LogP contribution < -0.4 is 5.32 Å². The van der Waals surface area contributed by atoms with Gasteiger partial charge in [0.05, 0.1) is 11.3 Å².